The van der Waals surface area contributed by atoms with Gasteiger partial charge in [0.25, 0.3) is 0 Å². The second-order valence-electron chi connectivity index (χ2n) is 4.82. The summed E-state index contributed by atoms with van der Waals surface area (Å²) in [5.41, 5.74) is 3.10. The van der Waals surface area contributed by atoms with Crippen LogP contribution in [0.25, 0.3) is 0 Å². The van der Waals surface area contributed by atoms with Gasteiger partial charge in [0.2, 0.25) is 5.91 Å². The normalized spacial score (nSPS) is 13.0. The number of carbonyl (C=O) groups excluding carboxylic acids is 1. The minimum atomic E-state index is -0.453. The third-order valence-electron chi connectivity index (χ3n) is 3.28. The lowest BCUT2D eigenvalue weighted by Gasteiger charge is -2.11. The molecular formula is C15H11Cl2FN2O. The van der Waals surface area contributed by atoms with Gasteiger partial charge >= 0.3 is 0 Å². The first-order valence-electron chi connectivity index (χ1n) is 6.33. The maximum Gasteiger partial charge on any atom is 0.228 e. The van der Waals surface area contributed by atoms with E-state index in [-0.39, 0.29) is 10.9 Å². The topological polar surface area (TPSA) is 41.1 Å². The first kappa shape index (κ1) is 14.2. The SMILES string of the molecule is O=C1Cc2cc(NCc3ccc(Cl)c(F)c3)c(Cl)cc2N1. The third kappa shape index (κ3) is 2.96. The molecule has 3 nitrogen and oxygen atoms in total. The number of amides is 1. The highest BCUT2D eigenvalue weighted by Crippen LogP contribution is 2.33. The number of rotatable bonds is 3. The van der Waals surface area contributed by atoms with Crippen LogP contribution in [0, 0.1) is 5.82 Å². The maximum absolute atomic E-state index is 13.4. The summed E-state index contributed by atoms with van der Waals surface area (Å²) in [5.74, 6) is -0.496. The molecule has 0 spiro atoms. The zero-order valence-electron chi connectivity index (χ0n) is 10.8. The lowest BCUT2D eigenvalue weighted by molar-refractivity contribution is -0.115. The molecule has 1 aliphatic heterocycles. The van der Waals surface area contributed by atoms with E-state index < -0.39 is 5.82 Å². The van der Waals surface area contributed by atoms with Crippen LogP contribution in [0.2, 0.25) is 10.0 Å². The lowest BCUT2D eigenvalue weighted by atomic mass is 10.1. The molecule has 1 heterocycles. The van der Waals surface area contributed by atoms with Crippen LogP contribution in [0.5, 0.6) is 0 Å². The van der Waals surface area contributed by atoms with Gasteiger partial charge in [-0.25, -0.2) is 4.39 Å². The highest BCUT2D eigenvalue weighted by molar-refractivity contribution is 6.33. The number of anilines is 2. The molecule has 0 unspecified atom stereocenters. The van der Waals surface area contributed by atoms with E-state index in [4.69, 9.17) is 23.2 Å². The van der Waals surface area contributed by atoms with Crippen molar-refractivity contribution in [2.75, 3.05) is 10.6 Å². The molecule has 6 heteroatoms. The van der Waals surface area contributed by atoms with E-state index in [1.165, 1.54) is 12.1 Å². The molecule has 0 saturated heterocycles. The van der Waals surface area contributed by atoms with Crippen molar-refractivity contribution in [1.29, 1.82) is 0 Å². The molecule has 108 valence electrons. The van der Waals surface area contributed by atoms with Crippen LogP contribution >= 0.6 is 23.2 Å². The molecule has 0 aromatic heterocycles. The molecule has 1 amide bonds. The molecule has 0 saturated carbocycles. The summed E-state index contributed by atoms with van der Waals surface area (Å²) in [7, 11) is 0. The summed E-state index contributed by atoms with van der Waals surface area (Å²) in [4.78, 5) is 11.3. The average Bonchev–Trinajstić information content (AvgIpc) is 2.79. The fourth-order valence-electron chi connectivity index (χ4n) is 2.23. The van der Waals surface area contributed by atoms with E-state index >= 15 is 0 Å². The largest absolute Gasteiger partial charge is 0.380 e. The Balaban J connectivity index is 1.78. The lowest BCUT2D eigenvalue weighted by Crippen LogP contribution is -2.03. The molecule has 0 fully saturated rings. The van der Waals surface area contributed by atoms with Gasteiger partial charge in [0.1, 0.15) is 5.82 Å². The minimum Gasteiger partial charge on any atom is -0.380 e. The first-order valence-corrected chi connectivity index (χ1v) is 7.08. The molecule has 0 bridgehead atoms. The highest BCUT2D eigenvalue weighted by atomic mass is 35.5. The number of nitrogens with one attached hydrogen (secondary N) is 2. The van der Waals surface area contributed by atoms with Crippen molar-refractivity contribution in [1.82, 2.24) is 0 Å². The van der Waals surface area contributed by atoms with Crippen molar-refractivity contribution in [3.8, 4) is 0 Å². The molecule has 2 N–H and O–H groups in total. The molecule has 21 heavy (non-hydrogen) atoms. The van der Waals surface area contributed by atoms with Gasteiger partial charge in [-0.05, 0) is 35.4 Å². The molecular weight excluding hydrogens is 314 g/mol. The van der Waals surface area contributed by atoms with E-state index in [9.17, 15) is 9.18 Å². The summed E-state index contributed by atoms with van der Waals surface area (Å²) < 4.78 is 13.4. The zero-order valence-corrected chi connectivity index (χ0v) is 12.4. The Labute approximate surface area is 131 Å². The predicted octanol–water partition coefficient (Wildman–Crippen LogP) is 4.24. The van der Waals surface area contributed by atoms with Gasteiger partial charge in [-0.3, -0.25) is 4.79 Å². The zero-order chi connectivity index (χ0) is 15.0. The third-order valence-corrected chi connectivity index (χ3v) is 3.90. The molecule has 3 rings (SSSR count). The Morgan fingerprint density at radius 2 is 2.00 bits per heavy atom. The van der Waals surface area contributed by atoms with E-state index in [0.717, 1.165) is 16.8 Å². The van der Waals surface area contributed by atoms with E-state index in [2.05, 4.69) is 10.6 Å². The van der Waals surface area contributed by atoms with E-state index in [0.29, 0.717) is 23.7 Å². The number of fused-ring (bicyclic) bond motifs is 1. The van der Waals surface area contributed by atoms with Crippen LogP contribution in [0.1, 0.15) is 11.1 Å². The van der Waals surface area contributed by atoms with Crippen LogP contribution in [-0.2, 0) is 17.8 Å². The summed E-state index contributed by atoms with van der Waals surface area (Å²) in [6, 6.07) is 8.18. The summed E-state index contributed by atoms with van der Waals surface area (Å²) in [6.45, 7) is 0.411. The second kappa shape index (κ2) is 5.54. The van der Waals surface area contributed by atoms with Gasteiger partial charge < -0.3 is 10.6 Å². The van der Waals surface area contributed by atoms with Crippen molar-refractivity contribution < 1.29 is 9.18 Å². The highest BCUT2D eigenvalue weighted by Gasteiger charge is 2.19. The molecule has 0 radical (unpaired) electrons. The quantitative estimate of drug-likeness (QED) is 0.886. The summed E-state index contributed by atoms with van der Waals surface area (Å²) >= 11 is 11.8. The molecule has 0 atom stereocenters. The Bertz CT molecular complexity index is 734. The second-order valence-corrected chi connectivity index (χ2v) is 5.63. The van der Waals surface area contributed by atoms with Gasteiger partial charge in [-0.1, -0.05) is 29.3 Å². The number of hydrogen-bond donors (Lipinski definition) is 2. The molecule has 1 aliphatic rings. The fraction of sp³-hybridized carbons (Fsp3) is 0.133. The number of hydrogen-bond acceptors (Lipinski definition) is 2. The smallest absolute Gasteiger partial charge is 0.228 e. The van der Waals surface area contributed by atoms with Gasteiger partial charge in [-0.2, -0.15) is 0 Å². The number of halogens is 3. The van der Waals surface area contributed by atoms with Crippen LogP contribution in [0.4, 0.5) is 15.8 Å². The Morgan fingerprint density at radius 3 is 2.76 bits per heavy atom. The number of benzene rings is 2. The van der Waals surface area contributed by atoms with Crippen molar-refractivity contribution in [2.45, 2.75) is 13.0 Å². The van der Waals surface area contributed by atoms with E-state index in [1.807, 2.05) is 6.07 Å². The summed E-state index contributed by atoms with van der Waals surface area (Å²) in [6.07, 6.45) is 0.344. The standard InChI is InChI=1S/C15H11Cl2FN2O/c16-10-2-1-8(3-12(10)18)7-19-14-4-9-5-15(21)20-13(9)6-11(14)17/h1-4,6,19H,5,7H2,(H,20,21). The maximum atomic E-state index is 13.4. The average molecular weight is 325 g/mol. The Morgan fingerprint density at radius 1 is 1.19 bits per heavy atom. The minimum absolute atomic E-state index is 0.0435. The van der Waals surface area contributed by atoms with Crippen LogP contribution in [-0.4, -0.2) is 5.91 Å². The summed E-state index contributed by atoms with van der Waals surface area (Å²) in [5, 5.41) is 6.48. The number of carbonyl (C=O) groups is 1. The molecule has 0 aliphatic carbocycles. The fourth-order valence-corrected chi connectivity index (χ4v) is 2.58. The molecule has 2 aromatic carbocycles. The Hall–Kier alpha value is -1.78. The van der Waals surface area contributed by atoms with Gasteiger partial charge in [-0.15, -0.1) is 0 Å². The van der Waals surface area contributed by atoms with Crippen molar-refractivity contribution in [3.63, 3.8) is 0 Å². The van der Waals surface area contributed by atoms with Crippen molar-refractivity contribution >= 4 is 40.5 Å². The van der Waals surface area contributed by atoms with Crippen molar-refractivity contribution in [2.24, 2.45) is 0 Å². The van der Waals surface area contributed by atoms with E-state index in [1.54, 1.807) is 12.1 Å². The van der Waals surface area contributed by atoms with Crippen molar-refractivity contribution in [3.05, 3.63) is 57.3 Å². The van der Waals surface area contributed by atoms with Crippen LogP contribution in [0.3, 0.4) is 0 Å². The van der Waals surface area contributed by atoms with Crippen LogP contribution in [0.15, 0.2) is 30.3 Å². The Kier molecular flexibility index (Phi) is 3.74. The van der Waals surface area contributed by atoms with Gasteiger partial charge in [0.15, 0.2) is 0 Å². The van der Waals surface area contributed by atoms with Gasteiger partial charge in [0, 0.05) is 12.2 Å². The first-order chi connectivity index (χ1) is 10.0. The van der Waals surface area contributed by atoms with Crippen LogP contribution < -0.4 is 10.6 Å². The molecule has 2 aromatic rings. The van der Waals surface area contributed by atoms with Gasteiger partial charge in [0.05, 0.1) is 22.2 Å². The predicted molar refractivity (Wildman–Crippen MR) is 82.5 cm³/mol. The monoisotopic (exact) mass is 324 g/mol.